The Kier molecular flexibility index (Phi) is 5.98. The van der Waals surface area contributed by atoms with Crippen LogP contribution in [0.4, 0.5) is 0 Å². The lowest BCUT2D eigenvalue weighted by Gasteiger charge is -2.31. The summed E-state index contributed by atoms with van der Waals surface area (Å²) in [5, 5.41) is 4.53. The molecule has 3 rings (SSSR count). The number of ether oxygens (including phenoxy) is 1. The van der Waals surface area contributed by atoms with E-state index in [1.165, 1.54) is 4.68 Å². The lowest BCUT2D eigenvalue weighted by molar-refractivity contribution is 0.0676. The van der Waals surface area contributed by atoms with E-state index in [1.807, 2.05) is 6.92 Å². The van der Waals surface area contributed by atoms with Crippen LogP contribution in [0.5, 0.6) is 0 Å². The maximum atomic E-state index is 12.5. The lowest BCUT2D eigenvalue weighted by atomic mass is 9.95. The minimum atomic E-state index is -0.104. The highest BCUT2D eigenvalue weighted by Crippen LogP contribution is 2.27. The van der Waals surface area contributed by atoms with E-state index in [0.717, 1.165) is 18.7 Å². The Morgan fingerprint density at radius 1 is 1.38 bits per heavy atom. The van der Waals surface area contributed by atoms with Crippen LogP contribution >= 0.6 is 15.9 Å². The van der Waals surface area contributed by atoms with Gasteiger partial charge in [-0.05, 0) is 47.8 Å². The summed E-state index contributed by atoms with van der Waals surface area (Å²) < 4.78 is 14.1. The zero-order valence-corrected chi connectivity index (χ0v) is 16.6. The van der Waals surface area contributed by atoms with Gasteiger partial charge in [-0.2, -0.15) is 5.10 Å². The Morgan fingerprint density at radius 3 is 2.69 bits per heavy atom. The van der Waals surface area contributed by atoms with Crippen LogP contribution < -0.4 is 5.69 Å². The van der Waals surface area contributed by atoms with E-state index in [1.54, 1.807) is 28.7 Å². The molecule has 26 heavy (non-hydrogen) atoms. The van der Waals surface area contributed by atoms with Gasteiger partial charge in [-0.1, -0.05) is 0 Å². The lowest BCUT2D eigenvalue weighted by Crippen LogP contribution is -2.38. The molecule has 2 aromatic heterocycles. The number of rotatable bonds is 6. The minimum Gasteiger partial charge on any atom is -0.444 e. The third-order valence-electron chi connectivity index (χ3n) is 4.71. The number of amides is 1. The van der Waals surface area contributed by atoms with Crippen molar-refractivity contribution in [2.24, 2.45) is 0 Å². The van der Waals surface area contributed by atoms with E-state index in [2.05, 4.69) is 21.0 Å². The van der Waals surface area contributed by atoms with Crippen molar-refractivity contribution < 1.29 is 13.9 Å². The van der Waals surface area contributed by atoms with Gasteiger partial charge in [0.05, 0.1) is 13.2 Å². The second kappa shape index (κ2) is 8.22. The third kappa shape index (κ3) is 3.78. The predicted octanol–water partition coefficient (Wildman–Crippen LogP) is 2.09. The Hall–Kier alpha value is -1.87. The Morgan fingerprint density at radius 2 is 2.12 bits per heavy atom. The molecule has 1 aliphatic heterocycles. The highest BCUT2D eigenvalue weighted by Gasteiger charge is 2.29. The molecule has 1 amide bonds. The third-order valence-corrected chi connectivity index (χ3v) is 5.13. The van der Waals surface area contributed by atoms with E-state index in [-0.39, 0.29) is 17.5 Å². The summed E-state index contributed by atoms with van der Waals surface area (Å²) in [6, 6.07) is 3.39. The molecule has 0 atom stereocenters. The minimum absolute atomic E-state index is 0.0986. The molecular weight excluding hydrogens is 404 g/mol. The number of furan rings is 1. The summed E-state index contributed by atoms with van der Waals surface area (Å²) in [6.45, 7) is 4.66. The summed E-state index contributed by atoms with van der Waals surface area (Å²) in [5.41, 5.74) is -0.0986. The van der Waals surface area contributed by atoms with Crippen molar-refractivity contribution in [3.8, 4) is 0 Å². The molecule has 0 unspecified atom stereocenters. The molecule has 8 nitrogen and oxygen atoms in total. The van der Waals surface area contributed by atoms with Crippen molar-refractivity contribution in [3.63, 3.8) is 0 Å². The molecule has 0 saturated carbocycles. The number of hydrogen-bond acceptors (Lipinski definition) is 5. The van der Waals surface area contributed by atoms with Crippen LogP contribution in [0.15, 0.2) is 26.0 Å². The van der Waals surface area contributed by atoms with Gasteiger partial charge in [0.25, 0.3) is 5.91 Å². The van der Waals surface area contributed by atoms with Crippen LogP contribution in [0.2, 0.25) is 0 Å². The molecule has 0 aliphatic carbocycles. The molecule has 9 heteroatoms. The van der Waals surface area contributed by atoms with Crippen molar-refractivity contribution in [2.45, 2.75) is 38.8 Å². The zero-order chi connectivity index (χ0) is 18.7. The molecule has 1 saturated heterocycles. The first-order valence-corrected chi connectivity index (χ1v) is 9.55. The highest BCUT2D eigenvalue weighted by molar-refractivity contribution is 9.10. The average molecular weight is 427 g/mol. The van der Waals surface area contributed by atoms with Crippen LogP contribution in [0.3, 0.4) is 0 Å². The summed E-state index contributed by atoms with van der Waals surface area (Å²) in [7, 11) is 1.60. The fourth-order valence-corrected chi connectivity index (χ4v) is 3.61. The van der Waals surface area contributed by atoms with Crippen LogP contribution in [0.1, 0.15) is 42.1 Å². The van der Waals surface area contributed by atoms with Crippen molar-refractivity contribution >= 4 is 21.8 Å². The molecule has 3 heterocycles. The summed E-state index contributed by atoms with van der Waals surface area (Å²) >= 11 is 3.22. The number of methoxy groups -OCH3 is 1. The molecule has 1 fully saturated rings. The summed E-state index contributed by atoms with van der Waals surface area (Å²) in [4.78, 5) is 26.7. The SMILES string of the molecule is CCn1c(C2CCN(C(=O)c3ccc(Br)o3)CC2)nn(CCOC)c1=O. The van der Waals surface area contributed by atoms with Gasteiger partial charge in [0.15, 0.2) is 10.4 Å². The van der Waals surface area contributed by atoms with Crippen molar-refractivity contribution in [1.29, 1.82) is 0 Å². The Labute approximate surface area is 159 Å². The molecule has 1 aliphatic rings. The number of aromatic nitrogens is 3. The molecule has 0 N–H and O–H groups in total. The molecule has 0 bridgehead atoms. The van der Waals surface area contributed by atoms with Crippen molar-refractivity contribution in [3.05, 3.63) is 38.9 Å². The van der Waals surface area contributed by atoms with Gasteiger partial charge >= 0.3 is 5.69 Å². The molecular formula is C17H23BrN4O4. The quantitative estimate of drug-likeness (QED) is 0.705. The van der Waals surface area contributed by atoms with E-state index in [4.69, 9.17) is 9.15 Å². The number of piperidine rings is 1. The largest absolute Gasteiger partial charge is 0.444 e. The number of halogens is 1. The number of carbonyl (C=O) groups is 1. The number of nitrogens with zero attached hydrogens (tertiary/aromatic N) is 4. The monoisotopic (exact) mass is 426 g/mol. The molecule has 142 valence electrons. The number of carbonyl (C=O) groups excluding carboxylic acids is 1. The second-order valence-corrected chi connectivity index (χ2v) is 7.05. The van der Waals surface area contributed by atoms with Gasteiger partial charge in [-0.25, -0.2) is 9.48 Å². The average Bonchev–Trinajstić information content (AvgIpc) is 3.22. The fraction of sp³-hybridized carbons (Fsp3) is 0.588. The predicted molar refractivity (Wildman–Crippen MR) is 98.3 cm³/mol. The normalized spacial score (nSPS) is 15.6. The van der Waals surface area contributed by atoms with Gasteiger partial charge in [0.1, 0.15) is 5.82 Å². The van der Waals surface area contributed by atoms with Gasteiger partial charge in [-0.3, -0.25) is 9.36 Å². The van der Waals surface area contributed by atoms with Crippen molar-refractivity contribution in [1.82, 2.24) is 19.2 Å². The first-order chi connectivity index (χ1) is 12.5. The Bertz CT molecular complexity index is 817. The van der Waals surface area contributed by atoms with E-state index < -0.39 is 0 Å². The van der Waals surface area contributed by atoms with Gasteiger partial charge in [-0.15, -0.1) is 0 Å². The smallest absolute Gasteiger partial charge is 0.345 e. The van der Waals surface area contributed by atoms with Crippen LogP contribution in [0.25, 0.3) is 0 Å². The zero-order valence-electron chi connectivity index (χ0n) is 15.0. The van der Waals surface area contributed by atoms with Crippen LogP contribution in [-0.2, 0) is 17.8 Å². The second-order valence-electron chi connectivity index (χ2n) is 6.27. The highest BCUT2D eigenvalue weighted by atomic mass is 79.9. The maximum Gasteiger partial charge on any atom is 0.345 e. The van der Waals surface area contributed by atoms with Crippen molar-refractivity contribution in [2.75, 3.05) is 26.8 Å². The van der Waals surface area contributed by atoms with Crippen LogP contribution in [0, 0.1) is 0 Å². The van der Waals surface area contributed by atoms with E-state index >= 15 is 0 Å². The molecule has 2 aromatic rings. The topological polar surface area (TPSA) is 82.5 Å². The van der Waals surface area contributed by atoms with E-state index in [9.17, 15) is 9.59 Å². The molecule has 0 aromatic carbocycles. The Balaban J connectivity index is 1.69. The molecule has 0 radical (unpaired) electrons. The van der Waals surface area contributed by atoms with E-state index in [0.29, 0.717) is 43.2 Å². The first-order valence-electron chi connectivity index (χ1n) is 8.76. The summed E-state index contributed by atoms with van der Waals surface area (Å²) in [6.07, 6.45) is 1.54. The first kappa shape index (κ1) is 18.9. The number of hydrogen-bond donors (Lipinski definition) is 0. The molecule has 0 spiro atoms. The van der Waals surface area contributed by atoms with Crippen LogP contribution in [-0.4, -0.2) is 52.0 Å². The standard InChI is InChI=1S/C17H23BrN4O4/c1-3-21-15(19-22(17(21)24)10-11-25-2)12-6-8-20(9-7-12)16(23)13-4-5-14(18)26-13/h4-5,12H,3,6-11H2,1-2H3. The number of likely N-dealkylation sites (tertiary alicyclic amines) is 1. The van der Waals surface area contributed by atoms with Gasteiger partial charge in [0.2, 0.25) is 0 Å². The fourth-order valence-electron chi connectivity index (χ4n) is 3.31. The summed E-state index contributed by atoms with van der Waals surface area (Å²) in [5.74, 6) is 1.21. The van der Waals surface area contributed by atoms with Gasteiger partial charge < -0.3 is 14.1 Å². The maximum absolute atomic E-state index is 12.5. The van der Waals surface area contributed by atoms with Gasteiger partial charge in [0, 0.05) is 32.7 Å².